The van der Waals surface area contributed by atoms with Gasteiger partial charge in [-0.25, -0.2) is 19.3 Å². The van der Waals surface area contributed by atoms with Gasteiger partial charge < -0.3 is 9.52 Å². The summed E-state index contributed by atoms with van der Waals surface area (Å²) in [6.45, 7) is 0. The number of carboxylic acid groups (broad SMARTS) is 1. The van der Waals surface area contributed by atoms with Crippen LogP contribution >= 0.6 is 11.6 Å². The lowest BCUT2D eigenvalue weighted by Crippen LogP contribution is -2.07. The Labute approximate surface area is 105 Å². The van der Waals surface area contributed by atoms with Crippen molar-refractivity contribution in [3.05, 3.63) is 30.0 Å². The summed E-state index contributed by atoms with van der Waals surface area (Å²) in [4.78, 5) is 22.8. The SMILES string of the molecule is O=C(O)n1cnc2c(-c3ccco3)nc(Cl)nc21. The molecule has 3 aromatic heterocycles. The summed E-state index contributed by atoms with van der Waals surface area (Å²) in [5.41, 5.74) is 0.792. The molecular formula is C10H5ClN4O3. The van der Waals surface area contributed by atoms with E-state index >= 15 is 0 Å². The molecule has 0 aliphatic heterocycles. The molecule has 0 spiro atoms. The van der Waals surface area contributed by atoms with Crippen molar-refractivity contribution in [3.8, 4) is 11.5 Å². The number of imidazole rings is 1. The van der Waals surface area contributed by atoms with E-state index in [-0.39, 0.29) is 10.9 Å². The van der Waals surface area contributed by atoms with E-state index in [0.29, 0.717) is 17.0 Å². The van der Waals surface area contributed by atoms with Crippen molar-refractivity contribution in [2.24, 2.45) is 0 Å². The van der Waals surface area contributed by atoms with Crippen molar-refractivity contribution < 1.29 is 14.3 Å². The number of carbonyl (C=O) groups is 1. The largest absolute Gasteiger partial charge is 0.464 e. The Morgan fingerprint density at radius 3 is 2.94 bits per heavy atom. The van der Waals surface area contributed by atoms with Crippen LogP contribution in [-0.4, -0.2) is 30.7 Å². The lowest BCUT2D eigenvalue weighted by Gasteiger charge is -1.99. The minimum absolute atomic E-state index is 0.0723. The van der Waals surface area contributed by atoms with Crippen LogP contribution in [0.5, 0.6) is 0 Å². The van der Waals surface area contributed by atoms with Crippen molar-refractivity contribution in [1.29, 1.82) is 0 Å². The lowest BCUT2D eigenvalue weighted by molar-refractivity contribution is 0.197. The van der Waals surface area contributed by atoms with Gasteiger partial charge in [-0.3, -0.25) is 0 Å². The van der Waals surface area contributed by atoms with Crippen LogP contribution in [0.2, 0.25) is 5.28 Å². The fourth-order valence-electron chi connectivity index (χ4n) is 1.60. The normalized spacial score (nSPS) is 10.9. The Bertz CT molecular complexity index is 735. The van der Waals surface area contributed by atoms with Crippen LogP contribution in [0.25, 0.3) is 22.6 Å². The number of rotatable bonds is 1. The maximum absolute atomic E-state index is 11.0. The van der Waals surface area contributed by atoms with Crippen molar-refractivity contribution in [2.45, 2.75) is 0 Å². The molecule has 0 amide bonds. The monoisotopic (exact) mass is 264 g/mol. The first kappa shape index (κ1) is 10.7. The third-order valence-electron chi connectivity index (χ3n) is 2.33. The van der Waals surface area contributed by atoms with Gasteiger partial charge in [0.05, 0.1) is 6.26 Å². The van der Waals surface area contributed by atoms with Crippen molar-refractivity contribution in [1.82, 2.24) is 19.5 Å². The number of furan rings is 1. The average molecular weight is 265 g/mol. The van der Waals surface area contributed by atoms with Crippen LogP contribution < -0.4 is 0 Å². The minimum Gasteiger partial charge on any atom is -0.464 e. The van der Waals surface area contributed by atoms with E-state index in [0.717, 1.165) is 10.9 Å². The fourth-order valence-corrected chi connectivity index (χ4v) is 1.76. The molecule has 0 fully saturated rings. The molecule has 1 N–H and O–H groups in total. The number of halogens is 1. The molecule has 0 atom stereocenters. The molecule has 3 aromatic rings. The fraction of sp³-hybridized carbons (Fsp3) is 0. The molecule has 18 heavy (non-hydrogen) atoms. The van der Waals surface area contributed by atoms with E-state index in [1.165, 1.54) is 6.26 Å². The number of aromatic nitrogens is 4. The zero-order chi connectivity index (χ0) is 12.7. The average Bonchev–Trinajstić information content (AvgIpc) is 2.96. The van der Waals surface area contributed by atoms with Crippen LogP contribution in [0, 0.1) is 0 Å². The van der Waals surface area contributed by atoms with Gasteiger partial charge in [0.15, 0.2) is 11.4 Å². The zero-order valence-corrected chi connectivity index (χ0v) is 9.50. The molecule has 3 rings (SSSR count). The lowest BCUT2D eigenvalue weighted by atomic mass is 10.3. The third kappa shape index (κ3) is 1.52. The first-order valence-electron chi connectivity index (χ1n) is 4.84. The summed E-state index contributed by atoms with van der Waals surface area (Å²) in [5.74, 6) is 0.444. The molecule has 8 heteroatoms. The van der Waals surface area contributed by atoms with E-state index in [9.17, 15) is 4.79 Å². The molecule has 0 aromatic carbocycles. The minimum atomic E-state index is -1.20. The second-order valence-electron chi connectivity index (χ2n) is 3.39. The van der Waals surface area contributed by atoms with E-state index in [2.05, 4.69) is 15.0 Å². The summed E-state index contributed by atoms with van der Waals surface area (Å²) >= 11 is 5.78. The van der Waals surface area contributed by atoms with Crippen LogP contribution in [0.15, 0.2) is 29.1 Å². The van der Waals surface area contributed by atoms with Gasteiger partial charge in [0.1, 0.15) is 17.5 Å². The molecule has 3 heterocycles. The van der Waals surface area contributed by atoms with E-state index in [1.54, 1.807) is 12.1 Å². The highest BCUT2D eigenvalue weighted by Crippen LogP contribution is 2.26. The molecule has 0 saturated carbocycles. The van der Waals surface area contributed by atoms with Crippen molar-refractivity contribution in [3.63, 3.8) is 0 Å². The Hall–Kier alpha value is -2.41. The second kappa shape index (κ2) is 3.81. The third-order valence-corrected chi connectivity index (χ3v) is 2.50. The van der Waals surface area contributed by atoms with Gasteiger partial charge in [0.25, 0.3) is 0 Å². The van der Waals surface area contributed by atoms with E-state index in [1.807, 2.05) is 0 Å². The topological polar surface area (TPSA) is 94.0 Å². The Kier molecular flexibility index (Phi) is 2.27. The highest BCUT2D eigenvalue weighted by Gasteiger charge is 2.18. The standard InChI is InChI=1S/C10H5ClN4O3/c11-9-13-6(5-2-1-3-18-5)7-8(14-9)15(4-12-7)10(16)17/h1-4H,(H,16,17). The van der Waals surface area contributed by atoms with Gasteiger partial charge >= 0.3 is 6.09 Å². The first-order chi connectivity index (χ1) is 8.66. The van der Waals surface area contributed by atoms with E-state index in [4.69, 9.17) is 21.1 Å². The smallest absolute Gasteiger partial charge is 0.418 e. The molecule has 0 aliphatic carbocycles. The van der Waals surface area contributed by atoms with Gasteiger partial charge in [-0.05, 0) is 23.7 Å². The number of hydrogen-bond acceptors (Lipinski definition) is 5. The second-order valence-corrected chi connectivity index (χ2v) is 3.73. The summed E-state index contributed by atoms with van der Waals surface area (Å²) in [7, 11) is 0. The summed E-state index contributed by atoms with van der Waals surface area (Å²) in [6.07, 6.45) is 1.42. The highest BCUT2D eigenvalue weighted by molar-refractivity contribution is 6.28. The van der Waals surface area contributed by atoms with Crippen LogP contribution in [-0.2, 0) is 0 Å². The molecular weight excluding hydrogens is 260 g/mol. The molecule has 0 unspecified atom stereocenters. The molecule has 7 nitrogen and oxygen atoms in total. The predicted molar refractivity (Wildman–Crippen MR) is 61.5 cm³/mol. The summed E-state index contributed by atoms with van der Waals surface area (Å²) < 4.78 is 6.08. The maximum Gasteiger partial charge on any atom is 0.418 e. The van der Waals surface area contributed by atoms with Crippen molar-refractivity contribution in [2.75, 3.05) is 0 Å². The van der Waals surface area contributed by atoms with Crippen molar-refractivity contribution >= 4 is 28.9 Å². The highest BCUT2D eigenvalue weighted by atomic mass is 35.5. The number of hydrogen-bond donors (Lipinski definition) is 1. The molecule has 0 aliphatic rings. The van der Waals surface area contributed by atoms with E-state index < -0.39 is 6.09 Å². The molecule has 0 bridgehead atoms. The maximum atomic E-state index is 11.0. The van der Waals surface area contributed by atoms with Gasteiger partial charge in [-0.2, -0.15) is 4.98 Å². The Balaban J connectivity index is 2.36. The Morgan fingerprint density at radius 1 is 1.44 bits per heavy atom. The zero-order valence-electron chi connectivity index (χ0n) is 8.74. The molecule has 90 valence electrons. The quantitative estimate of drug-likeness (QED) is 0.678. The van der Waals surface area contributed by atoms with Gasteiger partial charge in [-0.1, -0.05) is 0 Å². The first-order valence-corrected chi connectivity index (χ1v) is 5.22. The number of fused-ring (bicyclic) bond motifs is 1. The van der Waals surface area contributed by atoms with Crippen LogP contribution in [0.3, 0.4) is 0 Å². The Morgan fingerprint density at radius 2 is 2.28 bits per heavy atom. The van der Waals surface area contributed by atoms with Crippen LogP contribution in [0.4, 0.5) is 4.79 Å². The van der Waals surface area contributed by atoms with Gasteiger partial charge in [0, 0.05) is 0 Å². The van der Waals surface area contributed by atoms with Crippen LogP contribution in [0.1, 0.15) is 0 Å². The van der Waals surface area contributed by atoms with Gasteiger partial charge in [-0.15, -0.1) is 0 Å². The molecule has 0 saturated heterocycles. The number of nitrogens with zero attached hydrogens (tertiary/aromatic N) is 4. The summed E-state index contributed by atoms with van der Waals surface area (Å²) in [6, 6.07) is 3.36. The predicted octanol–water partition coefficient (Wildman–Crippen LogP) is 2.27. The summed E-state index contributed by atoms with van der Waals surface area (Å²) in [5, 5.41) is 8.91. The van der Waals surface area contributed by atoms with Gasteiger partial charge in [0.2, 0.25) is 5.28 Å². The molecule has 0 radical (unpaired) electrons.